The number of aliphatic hydroxyl groups excluding tert-OH is 1. The van der Waals surface area contributed by atoms with E-state index >= 15 is 0 Å². The van der Waals surface area contributed by atoms with E-state index in [9.17, 15) is 19.4 Å². The highest BCUT2D eigenvalue weighted by molar-refractivity contribution is 7.47. The topological polar surface area (TPSA) is 105 Å². The molecule has 0 aliphatic rings. The van der Waals surface area contributed by atoms with Gasteiger partial charge in [-0.05, 0) is 51.4 Å². The maximum atomic E-state index is 12.8. The van der Waals surface area contributed by atoms with Crippen molar-refractivity contribution < 1.29 is 32.9 Å². The van der Waals surface area contributed by atoms with Crippen LogP contribution in [0.25, 0.3) is 0 Å². The maximum Gasteiger partial charge on any atom is 0.472 e. The molecule has 8 nitrogen and oxygen atoms in total. The molecule has 0 bridgehead atoms. The van der Waals surface area contributed by atoms with Crippen molar-refractivity contribution in [2.24, 2.45) is 0 Å². The van der Waals surface area contributed by atoms with Crippen molar-refractivity contribution in [3.05, 3.63) is 36.5 Å². The first kappa shape index (κ1) is 56.7. The summed E-state index contributed by atoms with van der Waals surface area (Å²) >= 11 is 0. The standard InChI is InChI=1S/C49H95N2O6P/c1-6-8-10-12-13-14-15-16-17-18-19-20-21-22-23-24-25-26-27-28-29-30-31-32-33-34-35-36-37-39-41-43-49(53)50-47(48(52)42-40-38-11-9-7-2)46-57-58(54,55)56-45-44-51(3,4)5/h15-16,18-19,40,42,47-48,52H,6-14,17,20-39,41,43-46H2,1-5H3,(H-,50,53,54,55)/p+1/b16-15-,19-18-,42-40+. The van der Waals surface area contributed by atoms with Gasteiger partial charge in [-0.1, -0.05) is 198 Å². The molecule has 9 heteroatoms. The smallest absolute Gasteiger partial charge is 0.387 e. The monoisotopic (exact) mass is 840 g/mol. The Labute approximate surface area is 359 Å². The van der Waals surface area contributed by atoms with Gasteiger partial charge in [0, 0.05) is 6.42 Å². The van der Waals surface area contributed by atoms with Crippen molar-refractivity contribution in [3.8, 4) is 0 Å². The van der Waals surface area contributed by atoms with E-state index in [1.165, 1.54) is 148 Å². The average Bonchev–Trinajstić information content (AvgIpc) is 3.17. The van der Waals surface area contributed by atoms with E-state index in [-0.39, 0.29) is 19.1 Å². The number of likely N-dealkylation sites (N-methyl/N-ethyl adjacent to an activating group) is 1. The third-order valence-electron chi connectivity index (χ3n) is 10.9. The van der Waals surface area contributed by atoms with E-state index in [1.807, 2.05) is 27.2 Å². The summed E-state index contributed by atoms with van der Waals surface area (Å²) in [6, 6.07) is -0.840. The van der Waals surface area contributed by atoms with Crippen LogP contribution in [0.3, 0.4) is 0 Å². The number of carbonyl (C=O) groups excluding carboxylic acids is 1. The van der Waals surface area contributed by atoms with Crippen LogP contribution >= 0.6 is 7.82 Å². The number of quaternary nitrogens is 1. The number of nitrogens with one attached hydrogen (secondary N) is 1. The highest BCUT2D eigenvalue weighted by atomic mass is 31.2. The summed E-state index contributed by atoms with van der Waals surface area (Å²) in [5.74, 6) is -0.183. The normalized spacial score (nSPS) is 14.5. The van der Waals surface area contributed by atoms with E-state index in [4.69, 9.17) is 9.05 Å². The molecule has 58 heavy (non-hydrogen) atoms. The first-order valence-corrected chi connectivity index (χ1v) is 25.9. The van der Waals surface area contributed by atoms with Gasteiger partial charge in [-0.15, -0.1) is 0 Å². The van der Waals surface area contributed by atoms with Crippen molar-refractivity contribution >= 4 is 13.7 Å². The fourth-order valence-electron chi connectivity index (χ4n) is 6.95. The lowest BCUT2D eigenvalue weighted by Crippen LogP contribution is -2.45. The number of rotatable bonds is 44. The van der Waals surface area contributed by atoms with Crippen LogP contribution in [0.5, 0.6) is 0 Å². The molecule has 0 saturated carbocycles. The van der Waals surface area contributed by atoms with E-state index in [0.717, 1.165) is 51.4 Å². The van der Waals surface area contributed by atoms with Gasteiger partial charge in [0.15, 0.2) is 0 Å². The van der Waals surface area contributed by atoms with Crippen molar-refractivity contribution in [1.29, 1.82) is 0 Å². The van der Waals surface area contributed by atoms with Crippen molar-refractivity contribution in [1.82, 2.24) is 5.32 Å². The quantitative estimate of drug-likeness (QED) is 0.0244. The second kappa shape index (κ2) is 41.1. The summed E-state index contributed by atoms with van der Waals surface area (Å²) in [6.07, 6.45) is 51.5. The molecule has 3 N–H and O–H groups in total. The van der Waals surface area contributed by atoms with Gasteiger partial charge in [-0.25, -0.2) is 4.57 Å². The van der Waals surface area contributed by atoms with Crippen molar-refractivity contribution in [2.45, 2.75) is 231 Å². The summed E-state index contributed by atoms with van der Waals surface area (Å²) < 4.78 is 23.4. The number of carbonyl (C=O) groups is 1. The van der Waals surface area contributed by atoms with Crippen LogP contribution in [0.1, 0.15) is 219 Å². The summed E-state index contributed by atoms with van der Waals surface area (Å²) in [5, 5.41) is 13.6. The molecule has 3 atom stereocenters. The Hall–Kier alpha value is -1.28. The van der Waals surface area contributed by atoms with E-state index < -0.39 is 20.0 Å². The van der Waals surface area contributed by atoms with Gasteiger partial charge in [0.1, 0.15) is 13.2 Å². The lowest BCUT2D eigenvalue weighted by atomic mass is 10.0. The highest BCUT2D eigenvalue weighted by Gasteiger charge is 2.27. The summed E-state index contributed by atoms with van der Waals surface area (Å²) in [6.45, 7) is 4.70. The van der Waals surface area contributed by atoms with Crippen LogP contribution in [0.4, 0.5) is 0 Å². The molecule has 0 radical (unpaired) electrons. The van der Waals surface area contributed by atoms with Gasteiger partial charge in [0.05, 0.1) is 39.9 Å². The summed E-state index contributed by atoms with van der Waals surface area (Å²) in [5.41, 5.74) is 0. The fourth-order valence-corrected chi connectivity index (χ4v) is 7.69. The van der Waals surface area contributed by atoms with E-state index in [0.29, 0.717) is 17.4 Å². The summed E-state index contributed by atoms with van der Waals surface area (Å²) in [7, 11) is 1.57. The van der Waals surface area contributed by atoms with Crippen LogP contribution in [-0.4, -0.2) is 73.4 Å². The minimum absolute atomic E-state index is 0.0614. The predicted molar refractivity (Wildman–Crippen MR) is 249 cm³/mol. The molecular weight excluding hydrogens is 744 g/mol. The molecule has 0 aliphatic heterocycles. The predicted octanol–water partition coefficient (Wildman–Crippen LogP) is 13.9. The minimum atomic E-state index is -4.32. The second-order valence-corrected chi connectivity index (χ2v) is 19.3. The second-order valence-electron chi connectivity index (χ2n) is 17.8. The van der Waals surface area contributed by atoms with Crippen LogP contribution < -0.4 is 5.32 Å². The molecule has 0 aliphatic carbocycles. The molecular formula is C49H96N2O6P+. The Morgan fingerprint density at radius 2 is 0.983 bits per heavy atom. The van der Waals surface area contributed by atoms with Gasteiger partial charge < -0.3 is 19.8 Å². The maximum absolute atomic E-state index is 12.8. The number of phosphoric acid groups is 1. The Kier molecular flexibility index (Phi) is 40.2. The molecule has 0 spiro atoms. The molecule has 0 heterocycles. The number of aliphatic hydroxyl groups is 1. The zero-order valence-electron chi connectivity index (χ0n) is 38.8. The number of hydrogen-bond donors (Lipinski definition) is 3. The first-order chi connectivity index (χ1) is 28.0. The van der Waals surface area contributed by atoms with E-state index in [1.54, 1.807) is 6.08 Å². The highest BCUT2D eigenvalue weighted by Crippen LogP contribution is 2.43. The zero-order valence-corrected chi connectivity index (χ0v) is 39.7. The van der Waals surface area contributed by atoms with Gasteiger partial charge in [-0.2, -0.15) is 0 Å². The number of amides is 1. The molecule has 1 amide bonds. The Bertz CT molecular complexity index is 1040. The molecule has 0 fully saturated rings. The molecule has 0 saturated heterocycles. The van der Waals surface area contributed by atoms with Gasteiger partial charge in [0.2, 0.25) is 5.91 Å². The van der Waals surface area contributed by atoms with Crippen molar-refractivity contribution in [3.63, 3.8) is 0 Å². The molecule has 342 valence electrons. The van der Waals surface area contributed by atoms with Crippen LogP contribution in [-0.2, 0) is 18.4 Å². The first-order valence-electron chi connectivity index (χ1n) is 24.4. The van der Waals surface area contributed by atoms with Crippen LogP contribution in [0.2, 0.25) is 0 Å². The fraction of sp³-hybridized carbons (Fsp3) is 0.857. The van der Waals surface area contributed by atoms with Gasteiger partial charge >= 0.3 is 7.82 Å². The number of phosphoric ester groups is 1. The largest absolute Gasteiger partial charge is 0.472 e. The number of allylic oxidation sites excluding steroid dienone is 5. The Balaban J connectivity index is 3.83. The molecule has 0 aromatic carbocycles. The van der Waals surface area contributed by atoms with Gasteiger partial charge in [0.25, 0.3) is 0 Å². The van der Waals surface area contributed by atoms with Crippen molar-refractivity contribution in [2.75, 3.05) is 40.9 Å². The summed E-state index contributed by atoms with van der Waals surface area (Å²) in [4.78, 5) is 22.9. The number of unbranched alkanes of at least 4 members (excludes halogenated alkanes) is 27. The Morgan fingerprint density at radius 3 is 1.45 bits per heavy atom. The molecule has 3 unspecified atom stereocenters. The zero-order chi connectivity index (χ0) is 42.8. The van der Waals surface area contributed by atoms with Crippen LogP contribution in [0.15, 0.2) is 36.5 Å². The third-order valence-corrected chi connectivity index (χ3v) is 11.8. The average molecular weight is 840 g/mol. The minimum Gasteiger partial charge on any atom is -0.387 e. The Morgan fingerprint density at radius 1 is 0.586 bits per heavy atom. The lowest BCUT2D eigenvalue weighted by molar-refractivity contribution is -0.870. The third kappa shape index (κ3) is 42.8. The van der Waals surface area contributed by atoms with Gasteiger partial charge in [-0.3, -0.25) is 13.8 Å². The number of nitrogens with zero attached hydrogens (tertiary/aromatic N) is 1. The molecule has 0 rings (SSSR count). The number of hydrogen-bond acceptors (Lipinski definition) is 5. The van der Waals surface area contributed by atoms with Crippen LogP contribution in [0, 0.1) is 0 Å². The van der Waals surface area contributed by atoms with E-state index in [2.05, 4.69) is 43.5 Å². The SMILES string of the molecule is CCCCC/C=C/C(O)C(COP(=O)(O)OCC[N+](C)(C)C)NC(=O)CCCCCCCCCCCCCCCCCCCCC/C=C\C/C=C\CCCCCCC. The lowest BCUT2D eigenvalue weighted by Gasteiger charge is -2.25. The molecule has 0 aromatic heterocycles. The molecule has 0 aromatic rings.